The highest BCUT2D eigenvalue weighted by Crippen LogP contribution is 2.25. The number of likely N-dealkylation sites (tertiary alicyclic amines) is 1. The summed E-state index contributed by atoms with van der Waals surface area (Å²) in [5, 5.41) is 18.8. The molecule has 0 saturated carbocycles. The molecule has 0 aliphatic carbocycles. The Morgan fingerprint density at radius 3 is 2.47 bits per heavy atom. The fourth-order valence-electron chi connectivity index (χ4n) is 2.29. The van der Waals surface area contributed by atoms with Gasteiger partial charge in [-0.3, -0.25) is 4.90 Å². The summed E-state index contributed by atoms with van der Waals surface area (Å²) in [4.78, 5) is 2.33. The Balaban J connectivity index is 1.86. The van der Waals surface area contributed by atoms with Gasteiger partial charge in [0.2, 0.25) is 0 Å². The van der Waals surface area contributed by atoms with Crippen molar-refractivity contribution in [3.8, 4) is 6.07 Å². The van der Waals surface area contributed by atoms with E-state index in [4.69, 9.17) is 5.26 Å². The molecule has 17 heavy (non-hydrogen) atoms. The maximum atomic E-state index is 10.1. The van der Waals surface area contributed by atoms with E-state index in [1.54, 1.807) is 0 Å². The first-order valence-electron chi connectivity index (χ1n) is 6.07. The lowest BCUT2D eigenvalue weighted by Gasteiger charge is -2.36. The molecule has 0 bridgehead atoms. The summed E-state index contributed by atoms with van der Waals surface area (Å²) in [6, 6.07) is 12.4. The predicted molar refractivity (Wildman–Crippen MR) is 66.1 cm³/mol. The molecule has 1 saturated heterocycles. The Morgan fingerprint density at radius 1 is 1.24 bits per heavy atom. The first kappa shape index (κ1) is 12.1. The van der Waals surface area contributed by atoms with Crippen LogP contribution in [0, 0.1) is 11.3 Å². The average Bonchev–Trinajstić information content (AvgIpc) is 2.34. The maximum absolute atomic E-state index is 10.1. The van der Waals surface area contributed by atoms with E-state index < -0.39 is 5.60 Å². The summed E-state index contributed by atoms with van der Waals surface area (Å²) < 4.78 is 0. The second-order valence-electron chi connectivity index (χ2n) is 4.82. The second-order valence-corrected chi connectivity index (χ2v) is 4.82. The van der Waals surface area contributed by atoms with E-state index >= 15 is 0 Å². The molecule has 0 amide bonds. The van der Waals surface area contributed by atoms with Gasteiger partial charge < -0.3 is 5.11 Å². The lowest BCUT2D eigenvalue weighted by Crippen LogP contribution is -2.43. The van der Waals surface area contributed by atoms with E-state index in [0.717, 1.165) is 19.6 Å². The van der Waals surface area contributed by atoms with E-state index in [9.17, 15) is 5.11 Å². The fourth-order valence-corrected chi connectivity index (χ4v) is 2.29. The fraction of sp³-hybridized carbons (Fsp3) is 0.500. The van der Waals surface area contributed by atoms with Crippen LogP contribution in [0.5, 0.6) is 0 Å². The molecule has 0 radical (unpaired) electrons. The van der Waals surface area contributed by atoms with Crippen LogP contribution < -0.4 is 0 Å². The van der Waals surface area contributed by atoms with Crippen LogP contribution in [0.15, 0.2) is 30.3 Å². The number of nitriles is 1. The smallest absolute Gasteiger partial charge is 0.0801 e. The van der Waals surface area contributed by atoms with Gasteiger partial charge in [-0.05, 0) is 18.4 Å². The minimum Gasteiger partial charge on any atom is -0.389 e. The number of piperidine rings is 1. The van der Waals surface area contributed by atoms with Crippen LogP contribution in [0.1, 0.15) is 24.8 Å². The lowest BCUT2D eigenvalue weighted by molar-refractivity contribution is -0.0190. The van der Waals surface area contributed by atoms with Gasteiger partial charge in [-0.2, -0.15) is 5.26 Å². The first-order chi connectivity index (χ1) is 8.22. The summed E-state index contributed by atoms with van der Waals surface area (Å²) in [5.41, 5.74) is 0.556. The van der Waals surface area contributed by atoms with Gasteiger partial charge in [0.15, 0.2) is 0 Å². The van der Waals surface area contributed by atoms with Crippen LogP contribution in [-0.2, 0) is 6.54 Å². The van der Waals surface area contributed by atoms with Gasteiger partial charge in [0.25, 0.3) is 0 Å². The Morgan fingerprint density at radius 2 is 1.88 bits per heavy atom. The Kier molecular flexibility index (Phi) is 3.78. The van der Waals surface area contributed by atoms with E-state index in [1.165, 1.54) is 5.56 Å². The number of hydrogen-bond acceptors (Lipinski definition) is 3. The van der Waals surface area contributed by atoms with Crippen molar-refractivity contribution in [2.75, 3.05) is 13.1 Å². The number of rotatable bonds is 3. The third kappa shape index (κ3) is 3.29. The quantitative estimate of drug-likeness (QED) is 0.863. The molecule has 1 aliphatic heterocycles. The largest absolute Gasteiger partial charge is 0.389 e. The Bertz CT molecular complexity index is 388. The van der Waals surface area contributed by atoms with E-state index in [-0.39, 0.29) is 6.42 Å². The van der Waals surface area contributed by atoms with Gasteiger partial charge >= 0.3 is 0 Å². The molecule has 1 aliphatic rings. The molecule has 1 fully saturated rings. The minimum absolute atomic E-state index is 0.256. The molecule has 3 heteroatoms. The number of aliphatic hydroxyl groups is 1. The number of benzene rings is 1. The topological polar surface area (TPSA) is 47.3 Å². The zero-order valence-corrected chi connectivity index (χ0v) is 9.97. The third-order valence-corrected chi connectivity index (χ3v) is 3.44. The van der Waals surface area contributed by atoms with Crippen molar-refractivity contribution in [3.63, 3.8) is 0 Å². The van der Waals surface area contributed by atoms with Gasteiger partial charge in [-0.15, -0.1) is 0 Å². The maximum Gasteiger partial charge on any atom is 0.0801 e. The zero-order valence-electron chi connectivity index (χ0n) is 9.97. The average molecular weight is 230 g/mol. The molecule has 0 spiro atoms. The van der Waals surface area contributed by atoms with Crippen molar-refractivity contribution in [2.45, 2.75) is 31.4 Å². The van der Waals surface area contributed by atoms with Gasteiger partial charge in [0.1, 0.15) is 0 Å². The van der Waals surface area contributed by atoms with Crippen LogP contribution in [0.25, 0.3) is 0 Å². The van der Waals surface area contributed by atoms with Crippen LogP contribution >= 0.6 is 0 Å². The summed E-state index contributed by atoms with van der Waals surface area (Å²) in [7, 11) is 0. The molecule has 1 aromatic rings. The molecule has 0 atom stereocenters. The molecular formula is C14H18N2O. The lowest BCUT2D eigenvalue weighted by atomic mass is 9.88. The predicted octanol–water partition coefficient (Wildman–Crippen LogP) is 1.93. The van der Waals surface area contributed by atoms with E-state index in [2.05, 4.69) is 23.1 Å². The summed E-state index contributed by atoms with van der Waals surface area (Å²) in [6.45, 7) is 2.67. The highest BCUT2D eigenvalue weighted by Gasteiger charge is 2.31. The molecular weight excluding hydrogens is 212 g/mol. The number of hydrogen-bond donors (Lipinski definition) is 1. The van der Waals surface area contributed by atoms with Crippen molar-refractivity contribution >= 4 is 0 Å². The van der Waals surface area contributed by atoms with Crippen LogP contribution in [0.2, 0.25) is 0 Å². The van der Waals surface area contributed by atoms with Gasteiger partial charge in [0.05, 0.1) is 18.1 Å². The third-order valence-electron chi connectivity index (χ3n) is 3.44. The standard InChI is InChI=1S/C14H18N2O/c15-9-6-14(17)7-10-16(11-8-14)12-13-4-2-1-3-5-13/h1-5,17H,6-8,10-12H2. The van der Waals surface area contributed by atoms with Gasteiger partial charge in [-0.1, -0.05) is 30.3 Å². The van der Waals surface area contributed by atoms with Crippen LogP contribution in [-0.4, -0.2) is 28.7 Å². The molecule has 1 aromatic carbocycles. The Labute approximate surface area is 102 Å². The molecule has 0 aromatic heterocycles. The van der Waals surface area contributed by atoms with Crippen molar-refractivity contribution < 1.29 is 5.11 Å². The SMILES string of the molecule is N#CCC1(O)CCN(Cc2ccccc2)CC1. The molecule has 1 heterocycles. The number of nitrogens with zero attached hydrogens (tertiary/aromatic N) is 2. The normalized spacial score (nSPS) is 19.8. The molecule has 90 valence electrons. The van der Waals surface area contributed by atoms with E-state index in [1.807, 2.05) is 18.2 Å². The van der Waals surface area contributed by atoms with Crippen LogP contribution in [0.4, 0.5) is 0 Å². The van der Waals surface area contributed by atoms with Crippen molar-refractivity contribution in [2.24, 2.45) is 0 Å². The molecule has 2 rings (SSSR count). The summed E-state index contributed by atoms with van der Waals surface area (Å²) in [6.07, 6.45) is 1.66. The molecule has 1 N–H and O–H groups in total. The van der Waals surface area contributed by atoms with Crippen LogP contribution in [0.3, 0.4) is 0 Å². The highest BCUT2D eigenvalue weighted by atomic mass is 16.3. The van der Waals surface area contributed by atoms with Crippen molar-refractivity contribution in [3.05, 3.63) is 35.9 Å². The summed E-state index contributed by atoms with van der Waals surface area (Å²) in [5.74, 6) is 0. The summed E-state index contributed by atoms with van der Waals surface area (Å²) >= 11 is 0. The molecule has 3 nitrogen and oxygen atoms in total. The van der Waals surface area contributed by atoms with Gasteiger partial charge in [-0.25, -0.2) is 0 Å². The van der Waals surface area contributed by atoms with Crippen molar-refractivity contribution in [1.82, 2.24) is 4.90 Å². The Hall–Kier alpha value is -1.37. The van der Waals surface area contributed by atoms with Gasteiger partial charge in [0, 0.05) is 19.6 Å². The molecule has 0 unspecified atom stereocenters. The highest BCUT2D eigenvalue weighted by molar-refractivity contribution is 5.14. The first-order valence-corrected chi connectivity index (χ1v) is 6.07. The second kappa shape index (κ2) is 5.31. The van der Waals surface area contributed by atoms with Crippen molar-refractivity contribution in [1.29, 1.82) is 5.26 Å². The monoisotopic (exact) mass is 230 g/mol. The van der Waals surface area contributed by atoms with E-state index in [0.29, 0.717) is 12.8 Å². The zero-order chi connectivity index (χ0) is 12.1. The minimum atomic E-state index is -0.748.